The lowest BCUT2D eigenvalue weighted by molar-refractivity contribution is -0.137. The molecule has 1 N–H and O–H groups in total. The van der Waals surface area contributed by atoms with E-state index in [0.717, 1.165) is 36.1 Å². The van der Waals surface area contributed by atoms with Gasteiger partial charge in [-0.15, -0.1) is 0 Å². The van der Waals surface area contributed by atoms with Crippen LogP contribution in [-0.2, 0) is 11.0 Å². The summed E-state index contributed by atoms with van der Waals surface area (Å²) in [5.74, 6) is 0.396. The maximum atomic E-state index is 14.8. The van der Waals surface area contributed by atoms with E-state index in [1.807, 2.05) is 34.1 Å². The lowest BCUT2D eigenvalue weighted by atomic mass is 9.93. The number of benzene rings is 3. The molecular formula is C37H40Cl2F3N5O4. The molecule has 2 saturated heterocycles. The van der Waals surface area contributed by atoms with Crippen LogP contribution in [0.3, 0.4) is 0 Å². The Morgan fingerprint density at radius 1 is 0.863 bits per heavy atom. The quantitative estimate of drug-likeness (QED) is 0.271. The van der Waals surface area contributed by atoms with Crippen molar-refractivity contribution in [2.75, 3.05) is 59.0 Å². The minimum atomic E-state index is -4.61. The molecule has 0 spiro atoms. The lowest BCUT2D eigenvalue weighted by Crippen LogP contribution is -2.55. The molecule has 0 radical (unpaired) electrons. The van der Waals surface area contributed by atoms with E-state index in [0.29, 0.717) is 49.3 Å². The van der Waals surface area contributed by atoms with Crippen LogP contribution < -0.4 is 4.74 Å². The van der Waals surface area contributed by atoms with Gasteiger partial charge in [0.2, 0.25) is 5.91 Å². The number of hydrogen-bond donors (Lipinski definition) is 1. The first-order valence-electron chi connectivity index (χ1n) is 17.1. The molecule has 3 aromatic rings. The van der Waals surface area contributed by atoms with E-state index in [9.17, 15) is 27.9 Å². The molecule has 2 atom stereocenters. The van der Waals surface area contributed by atoms with Gasteiger partial charge in [0, 0.05) is 55.9 Å². The van der Waals surface area contributed by atoms with E-state index in [4.69, 9.17) is 32.9 Å². The Morgan fingerprint density at radius 3 is 2.04 bits per heavy atom. The number of aliphatic hydroxyl groups is 1. The average molecular weight is 747 g/mol. The van der Waals surface area contributed by atoms with Crippen molar-refractivity contribution in [2.24, 2.45) is 10.9 Å². The van der Waals surface area contributed by atoms with E-state index >= 15 is 0 Å². The molecule has 6 rings (SSSR count). The SMILES string of the molecule is CCOc1cc(C(F)(F)F)ccc1C1=NC(c2ccc(Cl)cc2)C(c2ccc(Cl)cc2)N1C(=O)N1CCN(CC(=O)N2CCC(CO)CC2)CC1. The van der Waals surface area contributed by atoms with E-state index in [-0.39, 0.29) is 54.8 Å². The number of aliphatic imine (C=N–C) groups is 1. The second-order valence-corrected chi connectivity index (χ2v) is 13.9. The molecule has 51 heavy (non-hydrogen) atoms. The topological polar surface area (TPSA) is 88.9 Å². The highest BCUT2D eigenvalue weighted by molar-refractivity contribution is 6.30. The Labute approximate surface area is 305 Å². The van der Waals surface area contributed by atoms with Crippen molar-refractivity contribution >= 4 is 41.0 Å². The molecule has 0 aliphatic carbocycles. The van der Waals surface area contributed by atoms with Gasteiger partial charge in [-0.3, -0.25) is 19.6 Å². The first kappa shape index (κ1) is 36.9. The van der Waals surface area contributed by atoms with Crippen LogP contribution in [0, 0.1) is 5.92 Å². The molecule has 14 heteroatoms. The molecule has 272 valence electrons. The summed E-state index contributed by atoms with van der Waals surface area (Å²) >= 11 is 12.5. The zero-order chi connectivity index (χ0) is 36.3. The van der Waals surface area contributed by atoms with Crippen LogP contribution in [-0.4, -0.2) is 102 Å². The van der Waals surface area contributed by atoms with Gasteiger partial charge in [-0.25, -0.2) is 4.79 Å². The number of carbonyl (C=O) groups excluding carboxylic acids is 2. The van der Waals surface area contributed by atoms with Gasteiger partial charge in [0.25, 0.3) is 0 Å². The molecule has 9 nitrogen and oxygen atoms in total. The van der Waals surface area contributed by atoms with Crippen molar-refractivity contribution < 1.29 is 32.6 Å². The molecule has 2 fully saturated rings. The third kappa shape index (κ3) is 8.30. The number of amidine groups is 1. The average Bonchev–Trinajstić information content (AvgIpc) is 3.52. The number of nitrogens with zero attached hydrogens (tertiary/aromatic N) is 5. The summed E-state index contributed by atoms with van der Waals surface area (Å²) in [7, 11) is 0. The van der Waals surface area contributed by atoms with E-state index in [1.165, 1.54) is 6.07 Å². The minimum absolute atomic E-state index is 0.0273. The summed E-state index contributed by atoms with van der Waals surface area (Å²) < 4.78 is 47.2. The van der Waals surface area contributed by atoms with E-state index in [2.05, 4.69) is 0 Å². The Hall–Kier alpha value is -3.84. The van der Waals surface area contributed by atoms with Crippen LogP contribution in [0.15, 0.2) is 71.7 Å². The predicted octanol–water partition coefficient (Wildman–Crippen LogP) is 6.92. The first-order chi connectivity index (χ1) is 24.5. The number of ether oxygens (including phenoxy) is 1. The molecule has 3 aromatic carbocycles. The van der Waals surface area contributed by atoms with Gasteiger partial charge in [0.15, 0.2) is 0 Å². The van der Waals surface area contributed by atoms with Crippen molar-refractivity contribution in [2.45, 2.75) is 38.0 Å². The molecule has 0 saturated carbocycles. The molecule has 3 aliphatic rings. The van der Waals surface area contributed by atoms with E-state index in [1.54, 1.807) is 41.0 Å². The number of amides is 3. The molecule has 0 bridgehead atoms. The Bertz CT molecular complexity index is 1730. The third-order valence-corrected chi connectivity index (χ3v) is 10.3. The fourth-order valence-electron chi connectivity index (χ4n) is 6.92. The summed E-state index contributed by atoms with van der Waals surface area (Å²) in [5, 5.41) is 10.5. The van der Waals surface area contributed by atoms with Crippen molar-refractivity contribution in [3.63, 3.8) is 0 Å². The first-order valence-corrected chi connectivity index (χ1v) is 17.8. The Balaban J connectivity index is 1.33. The molecule has 3 aliphatic heterocycles. The van der Waals surface area contributed by atoms with Crippen molar-refractivity contribution in [1.29, 1.82) is 0 Å². The minimum Gasteiger partial charge on any atom is -0.493 e. The number of alkyl halides is 3. The highest BCUT2D eigenvalue weighted by atomic mass is 35.5. The maximum absolute atomic E-state index is 14.8. The lowest BCUT2D eigenvalue weighted by Gasteiger charge is -2.39. The number of rotatable bonds is 8. The highest BCUT2D eigenvalue weighted by Gasteiger charge is 2.45. The molecule has 3 amide bonds. The summed E-state index contributed by atoms with van der Waals surface area (Å²) in [6.07, 6.45) is -3.05. The van der Waals surface area contributed by atoms with Gasteiger partial charge in [0.05, 0.1) is 30.3 Å². The van der Waals surface area contributed by atoms with Gasteiger partial charge >= 0.3 is 12.2 Å². The Morgan fingerprint density at radius 2 is 1.47 bits per heavy atom. The molecule has 2 unspecified atom stereocenters. The summed E-state index contributed by atoms with van der Waals surface area (Å²) in [6, 6.07) is 15.7. The zero-order valence-electron chi connectivity index (χ0n) is 28.2. The third-order valence-electron chi connectivity index (χ3n) is 9.77. The van der Waals surface area contributed by atoms with Crippen LogP contribution in [0.2, 0.25) is 10.0 Å². The van der Waals surface area contributed by atoms with Crippen LogP contribution in [0.1, 0.15) is 54.1 Å². The number of aliphatic hydroxyl groups excluding tert-OH is 1. The maximum Gasteiger partial charge on any atom is 0.416 e. The van der Waals surface area contributed by atoms with Crippen LogP contribution in [0.5, 0.6) is 5.75 Å². The normalized spacial score (nSPS) is 20.5. The highest BCUT2D eigenvalue weighted by Crippen LogP contribution is 2.46. The van der Waals surface area contributed by atoms with Gasteiger partial charge in [0.1, 0.15) is 17.6 Å². The van der Waals surface area contributed by atoms with Crippen molar-refractivity contribution in [3.8, 4) is 5.75 Å². The standard InChI is InChI=1S/C37H40Cl2F3N5O4/c1-2-51-31-21-27(37(40,41)42)7-12-30(31)35-43-33(25-3-8-28(38)9-4-25)34(26-5-10-29(39)11-6-26)47(35)36(50)46-19-17-44(18-20-46)22-32(49)45-15-13-24(23-48)14-16-45/h3-12,21,24,33-34,48H,2,13-20,22-23H2,1H3. The van der Waals surface area contributed by atoms with Gasteiger partial charge in [-0.1, -0.05) is 47.5 Å². The van der Waals surface area contributed by atoms with Crippen molar-refractivity contribution in [1.82, 2.24) is 19.6 Å². The second-order valence-electron chi connectivity index (χ2n) is 13.0. The zero-order valence-corrected chi connectivity index (χ0v) is 29.7. The Kier molecular flexibility index (Phi) is 11.5. The number of likely N-dealkylation sites (tertiary alicyclic amines) is 1. The van der Waals surface area contributed by atoms with Crippen molar-refractivity contribution in [3.05, 3.63) is 99.0 Å². The number of halogens is 5. The van der Waals surface area contributed by atoms with Gasteiger partial charge in [-0.2, -0.15) is 13.2 Å². The largest absolute Gasteiger partial charge is 0.493 e. The number of carbonyl (C=O) groups is 2. The number of piperidine rings is 1. The van der Waals surface area contributed by atoms with Gasteiger partial charge in [-0.05, 0) is 79.3 Å². The summed E-state index contributed by atoms with van der Waals surface area (Å²) in [4.78, 5) is 40.1. The molecule has 3 heterocycles. The number of urea groups is 1. The van der Waals surface area contributed by atoms with E-state index < -0.39 is 23.8 Å². The van der Waals surface area contributed by atoms with Crippen LogP contribution >= 0.6 is 23.2 Å². The fourth-order valence-corrected chi connectivity index (χ4v) is 7.17. The number of hydrogen-bond acceptors (Lipinski definition) is 6. The smallest absolute Gasteiger partial charge is 0.416 e. The van der Waals surface area contributed by atoms with Crippen LogP contribution in [0.25, 0.3) is 0 Å². The van der Waals surface area contributed by atoms with Crippen LogP contribution in [0.4, 0.5) is 18.0 Å². The molecule has 0 aromatic heterocycles. The molecular weight excluding hydrogens is 706 g/mol. The number of piperazine rings is 1. The van der Waals surface area contributed by atoms with Gasteiger partial charge < -0.3 is 19.6 Å². The monoisotopic (exact) mass is 745 g/mol. The summed E-state index contributed by atoms with van der Waals surface area (Å²) in [5.41, 5.74) is 0.856. The summed E-state index contributed by atoms with van der Waals surface area (Å²) in [6.45, 7) is 4.95. The predicted molar refractivity (Wildman–Crippen MR) is 189 cm³/mol. The second kappa shape index (κ2) is 15.8. The fraction of sp³-hybridized carbons (Fsp3) is 0.432.